The van der Waals surface area contributed by atoms with E-state index in [1.165, 1.54) is 6.26 Å². The minimum atomic E-state index is -1.05. The highest BCUT2D eigenvalue weighted by Gasteiger charge is 2.15. The summed E-state index contributed by atoms with van der Waals surface area (Å²) in [5, 5.41) is 13.2. The number of rotatable bonds is 3. The maximum absolute atomic E-state index is 10.8. The van der Waals surface area contributed by atoms with Gasteiger partial charge in [0.15, 0.2) is 0 Å². The molecule has 0 saturated carbocycles. The molecule has 0 bridgehead atoms. The molecule has 84 valence electrons. The van der Waals surface area contributed by atoms with Crippen LogP contribution in [0.15, 0.2) is 22.8 Å². The largest absolute Gasteiger partial charge is 0.475 e. The molecule has 2 aromatic heterocycles. The molecule has 0 atom stereocenters. The molecule has 0 fully saturated rings. The zero-order chi connectivity index (χ0) is 11.7. The van der Waals surface area contributed by atoms with Crippen molar-refractivity contribution in [2.24, 2.45) is 0 Å². The normalized spacial score (nSPS) is 10.6. The van der Waals surface area contributed by atoms with E-state index < -0.39 is 5.97 Å². The molecule has 1 N–H and O–H groups in total. The molecule has 0 amide bonds. The second-order valence-electron chi connectivity index (χ2n) is 3.66. The second-order valence-corrected chi connectivity index (χ2v) is 3.66. The van der Waals surface area contributed by atoms with E-state index in [0.29, 0.717) is 12.1 Å². The molecule has 0 saturated heterocycles. The summed E-state index contributed by atoms with van der Waals surface area (Å²) >= 11 is 0. The van der Waals surface area contributed by atoms with Crippen molar-refractivity contribution in [1.82, 2.24) is 9.78 Å². The first kappa shape index (κ1) is 10.5. The van der Waals surface area contributed by atoms with Crippen LogP contribution in [0.3, 0.4) is 0 Å². The Kier molecular flexibility index (Phi) is 2.52. The van der Waals surface area contributed by atoms with Gasteiger partial charge < -0.3 is 9.52 Å². The molecular formula is C11H12N2O3. The number of aromatic nitrogens is 2. The fraction of sp³-hybridized carbons (Fsp3) is 0.273. The Balaban J connectivity index is 2.30. The Bertz CT molecular complexity index is 525. The summed E-state index contributed by atoms with van der Waals surface area (Å²) in [6, 6.07) is 3.60. The highest BCUT2D eigenvalue weighted by atomic mass is 16.4. The zero-order valence-corrected chi connectivity index (χ0v) is 9.10. The van der Waals surface area contributed by atoms with Crippen LogP contribution < -0.4 is 0 Å². The van der Waals surface area contributed by atoms with Crippen LogP contribution in [0.2, 0.25) is 0 Å². The van der Waals surface area contributed by atoms with Crippen LogP contribution in [-0.4, -0.2) is 20.9 Å². The number of nitrogens with zero attached hydrogens (tertiary/aromatic N) is 2. The van der Waals surface area contributed by atoms with Crippen molar-refractivity contribution >= 4 is 5.97 Å². The predicted octanol–water partition coefficient (Wildman–Crippen LogP) is 1.84. The fourth-order valence-electron chi connectivity index (χ4n) is 1.64. The quantitative estimate of drug-likeness (QED) is 0.856. The number of carboxylic acids is 1. The van der Waals surface area contributed by atoms with Crippen molar-refractivity contribution < 1.29 is 14.3 Å². The van der Waals surface area contributed by atoms with Crippen LogP contribution in [0, 0.1) is 13.8 Å². The number of carbonyl (C=O) groups is 1. The third-order valence-electron chi connectivity index (χ3n) is 2.36. The molecule has 0 spiro atoms. The average molecular weight is 220 g/mol. The van der Waals surface area contributed by atoms with Crippen LogP contribution >= 0.6 is 0 Å². The number of aromatic carboxylic acids is 1. The Labute approximate surface area is 92.3 Å². The Morgan fingerprint density at radius 1 is 1.56 bits per heavy atom. The first-order chi connectivity index (χ1) is 7.58. The fourth-order valence-corrected chi connectivity index (χ4v) is 1.64. The zero-order valence-electron chi connectivity index (χ0n) is 9.10. The summed E-state index contributed by atoms with van der Waals surface area (Å²) in [5.74, 6) is -1.07. The number of hydrogen-bond donors (Lipinski definition) is 1. The van der Waals surface area contributed by atoms with Gasteiger partial charge in [-0.2, -0.15) is 5.10 Å². The Morgan fingerprint density at radius 2 is 2.31 bits per heavy atom. The lowest BCUT2D eigenvalue weighted by atomic mass is 10.2. The van der Waals surface area contributed by atoms with E-state index >= 15 is 0 Å². The number of furan rings is 1. The minimum absolute atomic E-state index is 0.0208. The molecule has 0 aromatic carbocycles. The molecule has 0 aliphatic carbocycles. The molecule has 5 nitrogen and oxygen atoms in total. The van der Waals surface area contributed by atoms with Gasteiger partial charge in [-0.3, -0.25) is 4.68 Å². The standard InChI is InChI=1S/C11H12N2O3/c1-7-5-8(2)13(12-7)6-9-3-4-16-10(9)11(14)15/h3-5H,6H2,1-2H3,(H,14,15). The highest BCUT2D eigenvalue weighted by Crippen LogP contribution is 2.13. The van der Waals surface area contributed by atoms with Crippen molar-refractivity contribution in [3.05, 3.63) is 41.1 Å². The van der Waals surface area contributed by atoms with Crippen molar-refractivity contribution in [3.63, 3.8) is 0 Å². The molecule has 2 aromatic rings. The predicted molar refractivity (Wildman–Crippen MR) is 56.5 cm³/mol. The summed E-state index contributed by atoms with van der Waals surface area (Å²) in [5.41, 5.74) is 2.53. The lowest BCUT2D eigenvalue weighted by Crippen LogP contribution is -2.07. The number of carboxylic acid groups (broad SMARTS) is 1. The van der Waals surface area contributed by atoms with Gasteiger partial charge in [0.1, 0.15) is 0 Å². The number of hydrogen-bond acceptors (Lipinski definition) is 3. The van der Waals surface area contributed by atoms with Crippen molar-refractivity contribution in [2.75, 3.05) is 0 Å². The average Bonchev–Trinajstić information content (AvgIpc) is 2.75. The monoisotopic (exact) mass is 220 g/mol. The maximum atomic E-state index is 10.8. The van der Waals surface area contributed by atoms with Gasteiger partial charge in [-0.25, -0.2) is 4.79 Å². The SMILES string of the molecule is Cc1cc(C)n(Cc2ccoc2C(=O)O)n1. The van der Waals surface area contributed by atoms with Crippen LogP contribution in [0.1, 0.15) is 27.5 Å². The topological polar surface area (TPSA) is 68.3 Å². The van der Waals surface area contributed by atoms with E-state index in [9.17, 15) is 4.79 Å². The molecule has 2 heterocycles. The van der Waals surface area contributed by atoms with Gasteiger partial charge >= 0.3 is 5.97 Å². The van der Waals surface area contributed by atoms with Gasteiger partial charge in [-0.05, 0) is 26.0 Å². The molecule has 0 aliphatic heterocycles. The van der Waals surface area contributed by atoms with E-state index in [1.807, 2.05) is 19.9 Å². The first-order valence-electron chi connectivity index (χ1n) is 4.88. The lowest BCUT2D eigenvalue weighted by Gasteiger charge is -2.02. The van der Waals surface area contributed by atoms with Crippen LogP contribution in [0.4, 0.5) is 0 Å². The maximum Gasteiger partial charge on any atom is 0.372 e. The molecule has 16 heavy (non-hydrogen) atoms. The molecule has 0 radical (unpaired) electrons. The van der Waals surface area contributed by atoms with Crippen molar-refractivity contribution in [1.29, 1.82) is 0 Å². The summed E-state index contributed by atoms with van der Waals surface area (Å²) in [7, 11) is 0. The van der Waals surface area contributed by atoms with Gasteiger partial charge in [0, 0.05) is 11.3 Å². The first-order valence-corrected chi connectivity index (χ1v) is 4.88. The van der Waals surface area contributed by atoms with Gasteiger partial charge in [0.05, 0.1) is 18.5 Å². The Morgan fingerprint density at radius 3 is 2.88 bits per heavy atom. The molecule has 0 unspecified atom stereocenters. The van der Waals surface area contributed by atoms with E-state index in [4.69, 9.17) is 9.52 Å². The summed E-state index contributed by atoms with van der Waals surface area (Å²) in [4.78, 5) is 10.8. The van der Waals surface area contributed by atoms with Crippen molar-refractivity contribution in [3.8, 4) is 0 Å². The molecule has 2 rings (SSSR count). The van der Waals surface area contributed by atoms with E-state index in [0.717, 1.165) is 11.4 Å². The minimum Gasteiger partial charge on any atom is -0.475 e. The molecule has 5 heteroatoms. The van der Waals surface area contributed by atoms with Crippen molar-refractivity contribution in [2.45, 2.75) is 20.4 Å². The highest BCUT2D eigenvalue weighted by molar-refractivity contribution is 5.86. The summed E-state index contributed by atoms with van der Waals surface area (Å²) in [6.07, 6.45) is 1.38. The molecule has 0 aliphatic rings. The van der Waals surface area contributed by atoms with E-state index in [-0.39, 0.29) is 5.76 Å². The van der Waals surface area contributed by atoms with E-state index in [1.54, 1.807) is 10.7 Å². The van der Waals surface area contributed by atoms with Gasteiger partial charge in [-0.15, -0.1) is 0 Å². The second kappa shape index (κ2) is 3.84. The number of aryl methyl sites for hydroxylation is 2. The smallest absolute Gasteiger partial charge is 0.372 e. The molecular weight excluding hydrogens is 208 g/mol. The van der Waals surface area contributed by atoms with Gasteiger partial charge in [0.2, 0.25) is 5.76 Å². The van der Waals surface area contributed by atoms with Crippen LogP contribution in [0.25, 0.3) is 0 Å². The third kappa shape index (κ3) is 1.84. The Hall–Kier alpha value is -2.04. The van der Waals surface area contributed by atoms with Gasteiger partial charge in [-0.1, -0.05) is 0 Å². The van der Waals surface area contributed by atoms with Gasteiger partial charge in [0.25, 0.3) is 0 Å². The summed E-state index contributed by atoms with van der Waals surface area (Å²) in [6.45, 7) is 4.25. The van der Waals surface area contributed by atoms with E-state index in [2.05, 4.69) is 5.10 Å². The summed E-state index contributed by atoms with van der Waals surface area (Å²) < 4.78 is 6.66. The lowest BCUT2D eigenvalue weighted by molar-refractivity contribution is 0.0660. The van der Waals surface area contributed by atoms with Crippen LogP contribution in [-0.2, 0) is 6.54 Å². The third-order valence-corrected chi connectivity index (χ3v) is 2.36. The van der Waals surface area contributed by atoms with Crippen LogP contribution in [0.5, 0.6) is 0 Å².